The minimum absolute atomic E-state index is 0.208. The van der Waals surface area contributed by atoms with Gasteiger partial charge in [-0.1, -0.05) is 6.42 Å². The molecule has 0 aromatic carbocycles. The van der Waals surface area contributed by atoms with Gasteiger partial charge in [0.05, 0.1) is 0 Å². The molecule has 0 aliphatic carbocycles. The molecule has 4 unspecified atom stereocenters. The van der Waals surface area contributed by atoms with E-state index in [-0.39, 0.29) is 6.04 Å². The molecular weight excluding hydrogens is 254 g/mol. The number of piperazine rings is 1. The Kier molecular flexibility index (Phi) is 4.72. The number of nitrogens with zero attached hydrogens (tertiary/aromatic N) is 2. The summed E-state index contributed by atoms with van der Waals surface area (Å²) in [5.41, 5.74) is 4.77. The molecular formula is C15H29N3O2. The van der Waals surface area contributed by atoms with Crippen molar-refractivity contribution < 1.29 is 9.90 Å². The molecule has 3 N–H and O–H groups in total. The minimum Gasteiger partial charge on any atom is -0.480 e. The standard InChI is InChI=1S/C15H29N3O2/c1-11(8-15(3,16)14(19)20)18-10-13-6-4-5-7-17(13)9-12(18)2/h11-13H,4-10,16H2,1-3H3,(H,19,20). The van der Waals surface area contributed by atoms with E-state index >= 15 is 0 Å². The highest BCUT2D eigenvalue weighted by Gasteiger charge is 2.38. The minimum atomic E-state index is -1.14. The van der Waals surface area contributed by atoms with Gasteiger partial charge in [-0.2, -0.15) is 0 Å². The molecule has 5 heteroatoms. The Morgan fingerprint density at radius 1 is 1.45 bits per heavy atom. The lowest BCUT2D eigenvalue weighted by Crippen LogP contribution is -2.62. The van der Waals surface area contributed by atoms with E-state index in [9.17, 15) is 9.90 Å². The number of carboxylic acid groups (broad SMARTS) is 1. The summed E-state index contributed by atoms with van der Waals surface area (Å²) in [6.45, 7) is 9.36. The van der Waals surface area contributed by atoms with E-state index in [0.717, 1.165) is 13.1 Å². The van der Waals surface area contributed by atoms with Gasteiger partial charge in [0.25, 0.3) is 0 Å². The van der Waals surface area contributed by atoms with Crippen LogP contribution in [0.1, 0.15) is 46.5 Å². The number of carbonyl (C=O) groups is 1. The lowest BCUT2D eigenvalue weighted by atomic mass is 9.91. The van der Waals surface area contributed by atoms with Crippen LogP contribution < -0.4 is 5.73 Å². The van der Waals surface area contributed by atoms with Gasteiger partial charge in [0.1, 0.15) is 5.54 Å². The molecule has 0 spiro atoms. The molecule has 5 nitrogen and oxygen atoms in total. The molecule has 0 radical (unpaired) electrons. The zero-order chi connectivity index (χ0) is 14.9. The van der Waals surface area contributed by atoms with Crippen molar-refractivity contribution in [3.63, 3.8) is 0 Å². The van der Waals surface area contributed by atoms with Crippen LogP contribution in [0, 0.1) is 0 Å². The number of rotatable bonds is 4. The van der Waals surface area contributed by atoms with Crippen molar-refractivity contribution in [2.45, 2.75) is 70.1 Å². The number of carboxylic acids is 1. The molecule has 2 rings (SSSR count). The Labute approximate surface area is 122 Å². The number of hydrogen-bond acceptors (Lipinski definition) is 4. The van der Waals surface area contributed by atoms with Crippen molar-refractivity contribution in [3.05, 3.63) is 0 Å². The molecule has 2 aliphatic rings. The van der Waals surface area contributed by atoms with Crippen LogP contribution in [0.4, 0.5) is 0 Å². The third-order valence-electron chi connectivity index (χ3n) is 5.01. The average Bonchev–Trinajstić information content (AvgIpc) is 2.37. The monoisotopic (exact) mass is 283 g/mol. The molecule has 116 valence electrons. The predicted octanol–water partition coefficient (Wildman–Crippen LogP) is 1.13. The van der Waals surface area contributed by atoms with Crippen LogP contribution in [0.2, 0.25) is 0 Å². The maximum atomic E-state index is 11.2. The summed E-state index contributed by atoms with van der Waals surface area (Å²) >= 11 is 0. The molecule has 0 aromatic rings. The molecule has 4 atom stereocenters. The first-order valence-corrected chi connectivity index (χ1v) is 7.83. The van der Waals surface area contributed by atoms with E-state index in [4.69, 9.17) is 5.73 Å². The van der Waals surface area contributed by atoms with Crippen molar-refractivity contribution in [1.82, 2.24) is 9.80 Å². The van der Waals surface area contributed by atoms with Gasteiger partial charge in [0.2, 0.25) is 0 Å². The fraction of sp³-hybridized carbons (Fsp3) is 0.933. The number of nitrogens with two attached hydrogens (primary N) is 1. The maximum Gasteiger partial charge on any atom is 0.323 e. The van der Waals surface area contributed by atoms with Crippen molar-refractivity contribution in [3.8, 4) is 0 Å². The predicted molar refractivity (Wildman–Crippen MR) is 79.7 cm³/mol. The van der Waals surface area contributed by atoms with E-state index < -0.39 is 11.5 Å². The topological polar surface area (TPSA) is 69.8 Å². The lowest BCUT2D eigenvalue weighted by molar-refractivity contribution is -0.143. The summed E-state index contributed by atoms with van der Waals surface area (Å²) in [5.74, 6) is -0.909. The molecule has 0 saturated carbocycles. The Morgan fingerprint density at radius 2 is 2.15 bits per heavy atom. The molecule has 2 saturated heterocycles. The molecule has 0 bridgehead atoms. The van der Waals surface area contributed by atoms with Gasteiger partial charge in [0.15, 0.2) is 0 Å². The number of fused-ring (bicyclic) bond motifs is 1. The fourth-order valence-corrected chi connectivity index (χ4v) is 3.81. The first-order valence-electron chi connectivity index (χ1n) is 7.83. The van der Waals surface area contributed by atoms with E-state index in [0.29, 0.717) is 18.5 Å². The van der Waals surface area contributed by atoms with Gasteiger partial charge in [-0.3, -0.25) is 14.6 Å². The average molecular weight is 283 g/mol. The second-order valence-electron chi connectivity index (χ2n) is 6.97. The van der Waals surface area contributed by atoms with Crippen LogP contribution >= 0.6 is 0 Å². The van der Waals surface area contributed by atoms with Crippen molar-refractivity contribution in [1.29, 1.82) is 0 Å². The summed E-state index contributed by atoms with van der Waals surface area (Å²) in [6, 6.07) is 1.33. The van der Waals surface area contributed by atoms with Crippen molar-refractivity contribution in [2.24, 2.45) is 5.73 Å². The number of aliphatic carboxylic acids is 1. The normalized spacial score (nSPS) is 33.2. The summed E-state index contributed by atoms with van der Waals surface area (Å²) in [6.07, 6.45) is 4.41. The summed E-state index contributed by atoms with van der Waals surface area (Å²) in [7, 11) is 0. The zero-order valence-electron chi connectivity index (χ0n) is 13.0. The van der Waals surface area contributed by atoms with Gasteiger partial charge in [0, 0.05) is 31.2 Å². The van der Waals surface area contributed by atoms with Crippen LogP contribution in [-0.4, -0.2) is 64.2 Å². The van der Waals surface area contributed by atoms with Gasteiger partial charge < -0.3 is 10.8 Å². The van der Waals surface area contributed by atoms with E-state index in [1.54, 1.807) is 6.92 Å². The van der Waals surface area contributed by atoms with E-state index in [1.807, 2.05) is 0 Å². The Morgan fingerprint density at radius 3 is 2.80 bits per heavy atom. The highest BCUT2D eigenvalue weighted by atomic mass is 16.4. The summed E-state index contributed by atoms with van der Waals surface area (Å²) < 4.78 is 0. The van der Waals surface area contributed by atoms with E-state index in [1.165, 1.54) is 25.8 Å². The second kappa shape index (κ2) is 6.00. The maximum absolute atomic E-state index is 11.2. The first-order chi connectivity index (χ1) is 9.31. The Balaban J connectivity index is 1.98. The highest BCUT2D eigenvalue weighted by Crippen LogP contribution is 2.27. The highest BCUT2D eigenvalue weighted by molar-refractivity contribution is 5.77. The lowest BCUT2D eigenvalue weighted by Gasteiger charge is -2.50. The van der Waals surface area contributed by atoms with Crippen LogP contribution in [-0.2, 0) is 4.79 Å². The quantitative estimate of drug-likeness (QED) is 0.809. The SMILES string of the molecule is CC1CN2CCCCC2CN1C(C)CC(C)(N)C(=O)O. The third-order valence-corrected chi connectivity index (χ3v) is 5.01. The van der Waals surface area contributed by atoms with Gasteiger partial charge in [-0.05, 0) is 46.6 Å². The second-order valence-corrected chi connectivity index (χ2v) is 6.97. The van der Waals surface area contributed by atoms with Crippen molar-refractivity contribution in [2.75, 3.05) is 19.6 Å². The van der Waals surface area contributed by atoms with Crippen LogP contribution in [0.15, 0.2) is 0 Å². The van der Waals surface area contributed by atoms with Gasteiger partial charge >= 0.3 is 5.97 Å². The summed E-state index contributed by atoms with van der Waals surface area (Å²) in [4.78, 5) is 16.3. The first kappa shape index (κ1) is 15.7. The molecule has 20 heavy (non-hydrogen) atoms. The van der Waals surface area contributed by atoms with E-state index in [2.05, 4.69) is 23.6 Å². The third kappa shape index (κ3) is 3.32. The van der Waals surface area contributed by atoms with Gasteiger partial charge in [-0.15, -0.1) is 0 Å². The van der Waals surface area contributed by atoms with Gasteiger partial charge in [-0.25, -0.2) is 0 Å². The molecule has 2 aliphatic heterocycles. The molecule has 0 aromatic heterocycles. The summed E-state index contributed by atoms with van der Waals surface area (Å²) in [5, 5.41) is 9.19. The molecule has 0 amide bonds. The van der Waals surface area contributed by atoms with Crippen molar-refractivity contribution >= 4 is 5.97 Å². The molecule has 2 heterocycles. The number of hydrogen-bond donors (Lipinski definition) is 2. The van der Waals surface area contributed by atoms with Crippen LogP contribution in [0.3, 0.4) is 0 Å². The van der Waals surface area contributed by atoms with Crippen LogP contribution in [0.25, 0.3) is 0 Å². The number of piperidine rings is 1. The smallest absolute Gasteiger partial charge is 0.323 e. The fourth-order valence-electron chi connectivity index (χ4n) is 3.81. The Bertz CT molecular complexity index is 359. The molecule has 2 fully saturated rings. The van der Waals surface area contributed by atoms with Crippen LogP contribution in [0.5, 0.6) is 0 Å². The largest absolute Gasteiger partial charge is 0.480 e. The zero-order valence-corrected chi connectivity index (χ0v) is 13.0. The Hall–Kier alpha value is -0.650.